The van der Waals surface area contributed by atoms with Crippen molar-refractivity contribution in [3.8, 4) is 0 Å². The van der Waals surface area contributed by atoms with Gasteiger partial charge in [0.2, 0.25) is 0 Å². The summed E-state index contributed by atoms with van der Waals surface area (Å²) in [7, 11) is 1.36. The van der Waals surface area contributed by atoms with Gasteiger partial charge in [0.15, 0.2) is 0 Å². The first-order chi connectivity index (χ1) is 5.16. The van der Waals surface area contributed by atoms with E-state index < -0.39 is 6.10 Å². The van der Waals surface area contributed by atoms with Gasteiger partial charge in [0.25, 0.3) is 0 Å². The molecule has 1 aliphatic rings. The third-order valence-corrected chi connectivity index (χ3v) is 2.43. The summed E-state index contributed by atoms with van der Waals surface area (Å²) in [4.78, 5) is 11.0. The van der Waals surface area contributed by atoms with Crippen LogP contribution in [0.3, 0.4) is 0 Å². The van der Waals surface area contributed by atoms with Crippen molar-refractivity contribution < 1.29 is 14.6 Å². The maximum Gasteiger partial charge on any atom is 0.311 e. The molecule has 0 radical (unpaired) electrons. The molecule has 0 aromatic heterocycles. The minimum Gasteiger partial charge on any atom is -0.469 e. The van der Waals surface area contributed by atoms with E-state index in [9.17, 15) is 9.90 Å². The molecule has 1 N–H and O–H groups in total. The molecule has 3 heteroatoms. The molecule has 1 aliphatic carbocycles. The molecule has 0 aromatic rings. The zero-order valence-corrected chi connectivity index (χ0v) is 6.91. The van der Waals surface area contributed by atoms with Gasteiger partial charge >= 0.3 is 5.97 Å². The average Bonchev–Trinajstić information content (AvgIpc) is 2.32. The van der Waals surface area contributed by atoms with Crippen LogP contribution in [0.15, 0.2) is 0 Å². The van der Waals surface area contributed by atoms with Crippen molar-refractivity contribution in [2.24, 2.45) is 11.8 Å². The third kappa shape index (κ3) is 1.53. The fourth-order valence-electron chi connectivity index (χ4n) is 1.59. The van der Waals surface area contributed by atoms with E-state index in [1.165, 1.54) is 7.11 Å². The molecule has 0 saturated heterocycles. The van der Waals surface area contributed by atoms with Gasteiger partial charge in [-0.3, -0.25) is 4.79 Å². The summed E-state index contributed by atoms with van der Waals surface area (Å²) in [6, 6.07) is 0. The fourth-order valence-corrected chi connectivity index (χ4v) is 1.59. The molecule has 1 fully saturated rings. The van der Waals surface area contributed by atoms with Gasteiger partial charge < -0.3 is 9.84 Å². The average molecular weight is 158 g/mol. The van der Waals surface area contributed by atoms with Crippen molar-refractivity contribution in [2.75, 3.05) is 7.11 Å². The Morgan fingerprint density at radius 2 is 2.18 bits per heavy atom. The fraction of sp³-hybridized carbons (Fsp3) is 0.875. The monoisotopic (exact) mass is 158 g/mol. The van der Waals surface area contributed by atoms with Gasteiger partial charge in [-0.15, -0.1) is 0 Å². The summed E-state index contributed by atoms with van der Waals surface area (Å²) in [6.07, 6.45) is 1.18. The Morgan fingerprint density at radius 1 is 1.55 bits per heavy atom. The highest BCUT2D eigenvalue weighted by molar-refractivity contribution is 5.73. The van der Waals surface area contributed by atoms with Crippen molar-refractivity contribution in [3.63, 3.8) is 0 Å². The third-order valence-electron chi connectivity index (χ3n) is 2.43. The van der Waals surface area contributed by atoms with Crippen LogP contribution in [-0.4, -0.2) is 24.3 Å². The number of methoxy groups -OCH3 is 1. The first-order valence-corrected chi connectivity index (χ1v) is 3.92. The van der Waals surface area contributed by atoms with E-state index in [1.54, 1.807) is 0 Å². The standard InChI is InChI=1S/C8H14O3/c1-5-3-4-6(7(5)9)8(10)11-2/h5-7,9H,3-4H2,1-2H3/t5-,6+,7+/m0/s1. The lowest BCUT2D eigenvalue weighted by Gasteiger charge is -2.13. The van der Waals surface area contributed by atoms with E-state index in [4.69, 9.17) is 0 Å². The Morgan fingerprint density at radius 3 is 2.55 bits per heavy atom. The summed E-state index contributed by atoms with van der Waals surface area (Å²) in [5.74, 6) is -0.323. The number of hydrogen-bond donors (Lipinski definition) is 1. The maximum absolute atomic E-state index is 11.0. The van der Waals surface area contributed by atoms with E-state index in [1.807, 2.05) is 6.92 Å². The van der Waals surface area contributed by atoms with Crippen LogP contribution in [-0.2, 0) is 9.53 Å². The van der Waals surface area contributed by atoms with Gasteiger partial charge in [0.1, 0.15) is 0 Å². The SMILES string of the molecule is COC(=O)[C@@H]1CC[C@H](C)[C@H]1O. The minimum absolute atomic E-state index is 0.235. The normalized spacial score (nSPS) is 37.2. The number of hydrogen-bond acceptors (Lipinski definition) is 3. The van der Waals surface area contributed by atoms with Crippen molar-refractivity contribution in [1.29, 1.82) is 0 Å². The quantitative estimate of drug-likeness (QED) is 0.567. The molecule has 11 heavy (non-hydrogen) atoms. The topological polar surface area (TPSA) is 46.5 Å². The predicted octanol–water partition coefficient (Wildman–Crippen LogP) is 0.566. The maximum atomic E-state index is 11.0. The van der Waals surface area contributed by atoms with E-state index in [2.05, 4.69) is 4.74 Å². The molecule has 0 aromatic carbocycles. The van der Waals surface area contributed by atoms with Crippen LogP contribution >= 0.6 is 0 Å². The highest BCUT2D eigenvalue weighted by atomic mass is 16.5. The van der Waals surface area contributed by atoms with Crippen LogP contribution in [0.1, 0.15) is 19.8 Å². The molecular weight excluding hydrogens is 144 g/mol. The van der Waals surface area contributed by atoms with Crippen LogP contribution in [0, 0.1) is 11.8 Å². The number of ether oxygens (including phenoxy) is 1. The Bertz CT molecular complexity index is 155. The molecule has 0 spiro atoms. The lowest BCUT2D eigenvalue weighted by atomic mass is 10.0. The highest BCUT2D eigenvalue weighted by Gasteiger charge is 2.37. The Balaban J connectivity index is 2.54. The minimum atomic E-state index is -0.498. The van der Waals surface area contributed by atoms with Crippen molar-refractivity contribution in [1.82, 2.24) is 0 Å². The molecule has 3 atom stereocenters. The molecule has 1 rings (SSSR count). The molecule has 0 unspecified atom stereocenters. The number of aliphatic hydroxyl groups excluding tert-OH is 1. The summed E-state index contributed by atoms with van der Waals surface area (Å²) in [5, 5.41) is 9.46. The molecule has 1 saturated carbocycles. The number of carbonyl (C=O) groups excluding carboxylic acids is 1. The molecule has 3 nitrogen and oxygen atoms in total. The lowest BCUT2D eigenvalue weighted by Crippen LogP contribution is -2.27. The molecule has 0 heterocycles. The van der Waals surface area contributed by atoms with Crippen LogP contribution in [0.4, 0.5) is 0 Å². The van der Waals surface area contributed by atoms with E-state index >= 15 is 0 Å². The second-order valence-electron chi connectivity index (χ2n) is 3.17. The molecule has 64 valence electrons. The van der Waals surface area contributed by atoms with E-state index in [-0.39, 0.29) is 17.8 Å². The second-order valence-corrected chi connectivity index (χ2v) is 3.17. The number of carbonyl (C=O) groups is 1. The number of aliphatic hydroxyl groups is 1. The van der Waals surface area contributed by atoms with Gasteiger partial charge in [0.05, 0.1) is 19.1 Å². The zero-order chi connectivity index (χ0) is 8.43. The van der Waals surface area contributed by atoms with E-state index in [0.717, 1.165) is 12.8 Å². The first kappa shape index (κ1) is 8.53. The summed E-state index contributed by atoms with van der Waals surface area (Å²) in [6.45, 7) is 1.95. The van der Waals surface area contributed by atoms with Crippen LogP contribution in [0.5, 0.6) is 0 Å². The smallest absolute Gasteiger partial charge is 0.311 e. The number of rotatable bonds is 1. The summed E-state index contributed by atoms with van der Waals surface area (Å²) >= 11 is 0. The Labute approximate surface area is 66.4 Å². The molecule has 0 aliphatic heterocycles. The van der Waals surface area contributed by atoms with Crippen LogP contribution in [0.25, 0.3) is 0 Å². The second kappa shape index (κ2) is 3.22. The van der Waals surface area contributed by atoms with Gasteiger partial charge in [-0.2, -0.15) is 0 Å². The lowest BCUT2D eigenvalue weighted by molar-refractivity contribution is -0.148. The first-order valence-electron chi connectivity index (χ1n) is 3.92. The largest absolute Gasteiger partial charge is 0.469 e. The van der Waals surface area contributed by atoms with Crippen LogP contribution < -0.4 is 0 Å². The number of esters is 1. The van der Waals surface area contributed by atoms with Crippen molar-refractivity contribution in [2.45, 2.75) is 25.9 Å². The van der Waals surface area contributed by atoms with E-state index in [0.29, 0.717) is 0 Å². The van der Waals surface area contributed by atoms with Crippen molar-refractivity contribution >= 4 is 5.97 Å². The predicted molar refractivity (Wildman–Crippen MR) is 39.9 cm³/mol. The van der Waals surface area contributed by atoms with Gasteiger partial charge in [0, 0.05) is 0 Å². The van der Waals surface area contributed by atoms with Crippen LogP contribution in [0.2, 0.25) is 0 Å². The summed E-state index contributed by atoms with van der Waals surface area (Å²) < 4.78 is 4.55. The van der Waals surface area contributed by atoms with Gasteiger partial charge in [-0.25, -0.2) is 0 Å². The zero-order valence-electron chi connectivity index (χ0n) is 6.91. The molecular formula is C8H14O3. The Kier molecular flexibility index (Phi) is 2.49. The van der Waals surface area contributed by atoms with Gasteiger partial charge in [-0.05, 0) is 18.8 Å². The van der Waals surface area contributed by atoms with Crippen molar-refractivity contribution in [3.05, 3.63) is 0 Å². The van der Waals surface area contributed by atoms with Gasteiger partial charge in [-0.1, -0.05) is 6.92 Å². The summed E-state index contributed by atoms with van der Waals surface area (Å²) in [5.41, 5.74) is 0. The Hall–Kier alpha value is -0.570. The molecule has 0 amide bonds. The molecule has 0 bridgehead atoms. The highest BCUT2D eigenvalue weighted by Crippen LogP contribution is 2.31.